The highest BCUT2D eigenvalue weighted by Gasteiger charge is 2.39. The number of fused-ring (bicyclic) bond motifs is 1. The molecule has 3 rings (SSSR count). The van der Waals surface area contributed by atoms with Crippen molar-refractivity contribution in [3.05, 3.63) is 16.8 Å². The van der Waals surface area contributed by atoms with Gasteiger partial charge in [0.05, 0.1) is 5.39 Å². The summed E-state index contributed by atoms with van der Waals surface area (Å²) in [6, 6.07) is 2.17. The van der Waals surface area contributed by atoms with E-state index in [0.29, 0.717) is 6.61 Å². The van der Waals surface area contributed by atoms with Crippen molar-refractivity contribution >= 4 is 27.4 Å². The Kier molecular flexibility index (Phi) is 4.13. The van der Waals surface area contributed by atoms with Gasteiger partial charge in [-0.05, 0) is 52.5 Å². The summed E-state index contributed by atoms with van der Waals surface area (Å²) in [5.74, 6) is 1.82. The van der Waals surface area contributed by atoms with Crippen molar-refractivity contribution in [2.45, 2.75) is 52.1 Å². The molecule has 0 amide bonds. The van der Waals surface area contributed by atoms with Gasteiger partial charge in [-0.1, -0.05) is 0 Å². The van der Waals surface area contributed by atoms with Crippen LogP contribution in [0, 0.1) is 6.92 Å². The monoisotopic (exact) mass is 305 g/mol. The maximum Gasteiger partial charge on any atom is 0.164 e. The average molecular weight is 305 g/mol. The van der Waals surface area contributed by atoms with Crippen molar-refractivity contribution in [1.82, 2.24) is 9.97 Å². The first-order chi connectivity index (χ1) is 10.2. The molecule has 2 heterocycles. The molecule has 0 bridgehead atoms. The molecule has 0 aromatic carbocycles. The van der Waals surface area contributed by atoms with E-state index in [4.69, 9.17) is 14.7 Å². The Morgan fingerprint density at radius 2 is 2.05 bits per heavy atom. The van der Waals surface area contributed by atoms with E-state index in [2.05, 4.69) is 32.2 Å². The molecule has 0 aliphatic heterocycles. The van der Waals surface area contributed by atoms with E-state index in [0.717, 1.165) is 41.2 Å². The van der Waals surface area contributed by atoms with Crippen molar-refractivity contribution in [2.75, 3.05) is 18.5 Å². The number of nitrogens with zero attached hydrogens (tertiary/aromatic N) is 2. The number of hydrogen-bond donors (Lipinski definition) is 1. The van der Waals surface area contributed by atoms with Gasteiger partial charge in [-0.3, -0.25) is 0 Å². The zero-order valence-electron chi connectivity index (χ0n) is 13.0. The summed E-state index contributed by atoms with van der Waals surface area (Å²) >= 11 is 1.74. The van der Waals surface area contributed by atoms with Crippen LogP contribution in [0.3, 0.4) is 0 Å². The summed E-state index contributed by atoms with van der Waals surface area (Å²) in [5.41, 5.74) is -0.273. The van der Waals surface area contributed by atoms with Gasteiger partial charge in [0.15, 0.2) is 5.82 Å². The Morgan fingerprint density at radius 1 is 1.29 bits per heavy atom. The van der Waals surface area contributed by atoms with Gasteiger partial charge in [0.2, 0.25) is 0 Å². The predicted octanol–water partition coefficient (Wildman–Crippen LogP) is 4.24. The van der Waals surface area contributed by atoms with Gasteiger partial charge in [-0.2, -0.15) is 0 Å². The summed E-state index contributed by atoms with van der Waals surface area (Å²) in [6.07, 6.45) is 4.45. The molecular weight excluding hydrogens is 282 g/mol. The van der Waals surface area contributed by atoms with Crippen LogP contribution in [-0.2, 0) is 10.3 Å². The number of rotatable bonds is 5. The third kappa shape index (κ3) is 2.64. The SMILES string of the molecule is CCNc1nc(C2(OCC)CCCC2)nc2sc(C)cc12. The van der Waals surface area contributed by atoms with Crippen LogP contribution in [0.15, 0.2) is 6.07 Å². The molecule has 1 saturated carbocycles. The van der Waals surface area contributed by atoms with Crippen molar-refractivity contribution in [3.8, 4) is 0 Å². The first kappa shape index (κ1) is 14.7. The second kappa shape index (κ2) is 5.89. The highest BCUT2D eigenvalue weighted by atomic mass is 32.1. The molecule has 0 spiro atoms. The van der Waals surface area contributed by atoms with Gasteiger partial charge in [-0.25, -0.2) is 9.97 Å². The standard InChI is InChI=1S/C16H23N3OS/c1-4-17-13-12-10-11(3)21-14(12)19-15(18-13)16(20-5-2)8-6-7-9-16/h10H,4-9H2,1-3H3,(H,17,18,19). The highest BCUT2D eigenvalue weighted by molar-refractivity contribution is 7.18. The molecule has 1 fully saturated rings. The third-order valence-electron chi connectivity index (χ3n) is 4.10. The number of hydrogen-bond acceptors (Lipinski definition) is 5. The van der Waals surface area contributed by atoms with Crippen LogP contribution < -0.4 is 5.32 Å². The lowest BCUT2D eigenvalue weighted by atomic mass is 10.0. The lowest BCUT2D eigenvalue weighted by Gasteiger charge is -2.27. The number of aromatic nitrogens is 2. The van der Waals surface area contributed by atoms with Crippen molar-refractivity contribution < 1.29 is 4.74 Å². The molecule has 0 atom stereocenters. The maximum absolute atomic E-state index is 6.12. The second-order valence-electron chi connectivity index (χ2n) is 5.64. The molecule has 114 valence electrons. The van der Waals surface area contributed by atoms with Crippen LogP contribution in [0.5, 0.6) is 0 Å². The summed E-state index contributed by atoms with van der Waals surface area (Å²) < 4.78 is 6.12. The van der Waals surface area contributed by atoms with Crippen LogP contribution in [0.4, 0.5) is 5.82 Å². The number of nitrogens with one attached hydrogen (secondary N) is 1. The largest absolute Gasteiger partial charge is 0.370 e. The Labute approximate surface area is 129 Å². The molecule has 2 aromatic rings. The smallest absolute Gasteiger partial charge is 0.164 e. The summed E-state index contributed by atoms with van der Waals surface area (Å²) in [5, 5.41) is 4.52. The lowest BCUT2D eigenvalue weighted by Crippen LogP contribution is -2.29. The first-order valence-corrected chi connectivity index (χ1v) is 8.66. The molecule has 1 aliphatic carbocycles. The lowest BCUT2D eigenvalue weighted by molar-refractivity contribution is -0.0453. The Hall–Kier alpha value is -1.20. The minimum Gasteiger partial charge on any atom is -0.370 e. The van der Waals surface area contributed by atoms with E-state index in [1.54, 1.807) is 11.3 Å². The van der Waals surface area contributed by atoms with Crippen LogP contribution >= 0.6 is 11.3 Å². The molecule has 5 heteroatoms. The van der Waals surface area contributed by atoms with Crippen molar-refractivity contribution in [2.24, 2.45) is 0 Å². The van der Waals surface area contributed by atoms with E-state index in [1.165, 1.54) is 17.7 Å². The summed E-state index contributed by atoms with van der Waals surface area (Å²) in [7, 11) is 0. The quantitative estimate of drug-likeness (QED) is 0.897. The van der Waals surface area contributed by atoms with Crippen LogP contribution in [0.1, 0.15) is 50.2 Å². The predicted molar refractivity (Wildman–Crippen MR) is 88.1 cm³/mol. The first-order valence-electron chi connectivity index (χ1n) is 7.85. The fraction of sp³-hybridized carbons (Fsp3) is 0.625. The van der Waals surface area contributed by atoms with Crippen LogP contribution in [0.2, 0.25) is 0 Å². The number of anilines is 1. The third-order valence-corrected chi connectivity index (χ3v) is 5.04. The zero-order valence-corrected chi connectivity index (χ0v) is 13.8. The van der Waals surface area contributed by atoms with Gasteiger partial charge in [0, 0.05) is 18.0 Å². The Balaban J connectivity index is 2.13. The molecule has 0 unspecified atom stereocenters. The van der Waals surface area contributed by atoms with E-state index < -0.39 is 0 Å². The van der Waals surface area contributed by atoms with Gasteiger partial charge in [0.1, 0.15) is 16.2 Å². The van der Waals surface area contributed by atoms with Crippen LogP contribution in [0.25, 0.3) is 10.2 Å². The van der Waals surface area contributed by atoms with Gasteiger partial charge in [0.25, 0.3) is 0 Å². The fourth-order valence-electron chi connectivity index (χ4n) is 3.20. The normalized spacial score (nSPS) is 17.5. The Morgan fingerprint density at radius 3 is 2.71 bits per heavy atom. The highest BCUT2D eigenvalue weighted by Crippen LogP contribution is 2.42. The van der Waals surface area contributed by atoms with E-state index >= 15 is 0 Å². The van der Waals surface area contributed by atoms with Gasteiger partial charge >= 0.3 is 0 Å². The van der Waals surface area contributed by atoms with Crippen molar-refractivity contribution in [3.63, 3.8) is 0 Å². The molecule has 4 nitrogen and oxygen atoms in total. The minimum atomic E-state index is -0.273. The summed E-state index contributed by atoms with van der Waals surface area (Å²) in [6.45, 7) is 7.85. The molecule has 1 aliphatic rings. The number of aryl methyl sites for hydroxylation is 1. The molecule has 0 radical (unpaired) electrons. The van der Waals surface area contributed by atoms with E-state index in [-0.39, 0.29) is 5.60 Å². The van der Waals surface area contributed by atoms with Gasteiger partial charge in [-0.15, -0.1) is 11.3 Å². The summed E-state index contributed by atoms with van der Waals surface area (Å²) in [4.78, 5) is 12.0. The second-order valence-corrected chi connectivity index (χ2v) is 6.87. The van der Waals surface area contributed by atoms with Gasteiger partial charge < -0.3 is 10.1 Å². The molecular formula is C16H23N3OS. The topological polar surface area (TPSA) is 47.0 Å². The van der Waals surface area contributed by atoms with Crippen LogP contribution in [-0.4, -0.2) is 23.1 Å². The minimum absolute atomic E-state index is 0.273. The fourth-order valence-corrected chi connectivity index (χ4v) is 4.08. The van der Waals surface area contributed by atoms with Crippen molar-refractivity contribution in [1.29, 1.82) is 0 Å². The molecule has 0 saturated heterocycles. The molecule has 2 aromatic heterocycles. The van der Waals surface area contributed by atoms with E-state index in [9.17, 15) is 0 Å². The number of thiophene rings is 1. The Bertz CT molecular complexity index is 632. The zero-order chi connectivity index (χ0) is 14.9. The average Bonchev–Trinajstić information content (AvgIpc) is 3.06. The van der Waals surface area contributed by atoms with E-state index in [1.807, 2.05) is 0 Å². The maximum atomic E-state index is 6.12. The number of ether oxygens (including phenoxy) is 1. The molecule has 1 N–H and O–H groups in total. The molecule has 21 heavy (non-hydrogen) atoms.